The van der Waals surface area contributed by atoms with Crippen LogP contribution in [0.4, 0.5) is 10.1 Å². The lowest BCUT2D eigenvalue weighted by Crippen LogP contribution is -2.39. The summed E-state index contributed by atoms with van der Waals surface area (Å²) in [6, 6.07) is 8.04. The summed E-state index contributed by atoms with van der Waals surface area (Å²) >= 11 is 0. The predicted octanol–water partition coefficient (Wildman–Crippen LogP) is 2.14. The Labute approximate surface area is 204 Å². The number of aromatic amines is 1. The molecule has 0 bridgehead atoms. The summed E-state index contributed by atoms with van der Waals surface area (Å²) in [5.74, 6) is -0.802. The van der Waals surface area contributed by atoms with Crippen LogP contribution in [0.2, 0.25) is 0 Å². The number of aromatic nitrogens is 4. The van der Waals surface area contributed by atoms with E-state index < -0.39 is 5.91 Å². The van der Waals surface area contributed by atoms with E-state index in [0.29, 0.717) is 34.4 Å². The lowest BCUT2D eigenvalue weighted by atomic mass is 10.1. The van der Waals surface area contributed by atoms with E-state index in [0.717, 1.165) is 22.0 Å². The smallest absolute Gasteiger partial charge is 0.297 e. The van der Waals surface area contributed by atoms with Crippen molar-refractivity contribution in [2.75, 3.05) is 11.4 Å². The minimum atomic E-state index is -0.509. The number of hydrogen-bond donors (Lipinski definition) is 2. The molecule has 0 radical (unpaired) electrons. The number of halogens is 1. The van der Waals surface area contributed by atoms with Crippen molar-refractivity contribution in [3.63, 3.8) is 0 Å². The highest BCUT2D eigenvalue weighted by Crippen LogP contribution is 2.31. The number of carbonyl (C=O) groups is 1. The summed E-state index contributed by atoms with van der Waals surface area (Å²) in [5, 5.41) is 13.1. The molecule has 0 spiro atoms. The van der Waals surface area contributed by atoms with Crippen LogP contribution in [0, 0.1) is 12.7 Å². The van der Waals surface area contributed by atoms with Crippen molar-refractivity contribution in [2.24, 2.45) is 12.0 Å². The van der Waals surface area contributed by atoms with E-state index >= 15 is 0 Å². The number of nitrogens with one attached hydrogen (secondary N) is 1. The average molecular weight is 481 g/mol. The number of benzene rings is 1. The topological polar surface area (TPSA) is 99.4 Å². The van der Waals surface area contributed by atoms with Crippen LogP contribution in [-0.4, -0.2) is 37.1 Å². The zero-order valence-electron chi connectivity index (χ0n) is 19.5. The van der Waals surface area contributed by atoms with Crippen LogP contribution >= 0.6 is 0 Å². The number of amides is 1. The van der Waals surface area contributed by atoms with E-state index in [2.05, 4.69) is 19.9 Å². The van der Waals surface area contributed by atoms with Crippen molar-refractivity contribution < 1.29 is 14.3 Å². The van der Waals surface area contributed by atoms with Gasteiger partial charge in [0.2, 0.25) is 0 Å². The van der Waals surface area contributed by atoms with Crippen molar-refractivity contribution >= 4 is 29.4 Å². The molecule has 1 aliphatic heterocycles. The number of nitrogens with zero attached hydrogens (tertiary/aromatic N) is 5. The summed E-state index contributed by atoms with van der Waals surface area (Å²) < 4.78 is 15.5. The van der Waals surface area contributed by atoms with Gasteiger partial charge in [0.25, 0.3) is 5.91 Å². The second-order valence-electron chi connectivity index (χ2n) is 8.68. The van der Waals surface area contributed by atoms with Gasteiger partial charge in [0.05, 0.1) is 34.2 Å². The zero-order chi connectivity index (χ0) is 25.0. The van der Waals surface area contributed by atoms with Gasteiger partial charge in [-0.15, -0.1) is 0 Å². The third-order valence-electron chi connectivity index (χ3n) is 6.38. The maximum atomic E-state index is 13.6. The number of fused-ring (bicyclic) bond motifs is 2. The normalized spacial score (nSPS) is 14.2. The summed E-state index contributed by atoms with van der Waals surface area (Å²) in [7, 11) is 1.87. The van der Waals surface area contributed by atoms with Gasteiger partial charge in [0.1, 0.15) is 11.5 Å². The van der Waals surface area contributed by atoms with E-state index in [1.807, 2.05) is 34.7 Å². The molecule has 0 saturated heterocycles. The Morgan fingerprint density at radius 1 is 1.14 bits per heavy atom. The molecule has 1 aliphatic carbocycles. The van der Waals surface area contributed by atoms with Gasteiger partial charge in [0.15, 0.2) is 5.88 Å². The van der Waals surface area contributed by atoms with Crippen molar-refractivity contribution in [1.29, 1.82) is 0 Å². The molecular formula is C27H21FN6O2. The third-order valence-corrected chi connectivity index (χ3v) is 6.38. The van der Waals surface area contributed by atoms with Crippen LogP contribution in [0.25, 0.3) is 29.1 Å². The zero-order valence-corrected chi connectivity index (χ0v) is 19.5. The second kappa shape index (κ2) is 8.16. The summed E-state index contributed by atoms with van der Waals surface area (Å²) in [6.07, 6.45) is 10.5. The predicted molar refractivity (Wildman–Crippen MR) is 133 cm³/mol. The van der Waals surface area contributed by atoms with Gasteiger partial charge in [-0.3, -0.25) is 9.78 Å². The average Bonchev–Trinajstić information content (AvgIpc) is 3.08. The molecule has 2 N–H and O–H groups in total. The van der Waals surface area contributed by atoms with E-state index in [1.165, 1.54) is 24.5 Å². The first-order valence-corrected chi connectivity index (χ1v) is 11.3. The first-order valence-electron chi connectivity index (χ1n) is 11.3. The van der Waals surface area contributed by atoms with E-state index in [-0.39, 0.29) is 17.4 Å². The molecule has 6 rings (SSSR count). The van der Waals surface area contributed by atoms with Crippen molar-refractivity contribution in [1.82, 2.24) is 19.5 Å². The summed E-state index contributed by atoms with van der Waals surface area (Å²) in [5.41, 5.74) is 4.49. The number of aromatic hydroxyl groups is 1. The monoisotopic (exact) mass is 480 g/mol. The van der Waals surface area contributed by atoms with Crippen molar-refractivity contribution in [3.8, 4) is 17.1 Å². The number of carbonyl (C=O) groups excluding carboxylic acids is 1. The van der Waals surface area contributed by atoms with Gasteiger partial charge in [-0.05, 0) is 55.5 Å². The largest absolute Gasteiger partial charge is 0.494 e. The van der Waals surface area contributed by atoms with Crippen LogP contribution in [0.15, 0.2) is 60.0 Å². The molecule has 4 heterocycles. The maximum absolute atomic E-state index is 13.6. The van der Waals surface area contributed by atoms with Crippen LogP contribution < -0.4 is 20.8 Å². The molecule has 1 amide bonds. The Bertz CT molecular complexity index is 1760. The van der Waals surface area contributed by atoms with Crippen molar-refractivity contribution in [3.05, 3.63) is 93.7 Å². The van der Waals surface area contributed by atoms with Crippen LogP contribution in [0.3, 0.4) is 0 Å². The van der Waals surface area contributed by atoms with Gasteiger partial charge >= 0.3 is 0 Å². The van der Waals surface area contributed by atoms with Gasteiger partial charge in [0, 0.05) is 47.8 Å². The molecule has 0 atom stereocenters. The molecule has 1 aromatic carbocycles. The first kappa shape index (κ1) is 21.7. The molecule has 0 unspecified atom stereocenters. The molecular weight excluding hydrogens is 459 g/mol. The van der Waals surface area contributed by atoms with Gasteiger partial charge < -0.3 is 19.6 Å². The molecule has 3 aromatic heterocycles. The summed E-state index contributed by atoms with van der Waals surface area (Å²) in [4.78, 5) is 30.6. The molecule has 36 heavy (non-hydrogen) atoms. The highest BCUT2D eigenvalue weighted by atomic mass is 19.1. The lowest BCUT2D eigenvalue weighted by Gasteiger charge is -2.26. The van der Waals surface area contributed by atoms with Gasteiger partial charge in [-0.2, -0.15) is 0 Å². The molecule has 0 fully saturated rings. The van der Waals surface area contributed by atoms with Gasteiger partial charge in [-0.1, -0.05) is 0 Å². The van der Waals surface area contributed by atoms with Crippen molar-refractivity contribution in [2.45, 2.75) is 6.92 Å². The maximum Gasteiger partial charge on any atom is 0.297 e. The molecule has 4 aromatic rings. The molecule has 178 valence electrons. The Morgan fingerprint density at radius 2 is 1.94 bits per heavy atom. The van der Waals surface area contributed by atoms with E-state index in [1.54, 1.807) is 31.3 Å². The fourth-order valence-corrected chi connectivity index (χ4v) is 4.67. The minimum Gasteiger partial charge on any atom is -0.494 e. The highest BCUT2D eigenvalue weighted by molar-refractivity contribution is 5.94. The quantitative estimate of drug-likeness (QED) is 0.458. The second-order valence-corrected chi connectivity index (χ2v) is 8.68. The molecule has 9 heteroatoms. The molecule has 2 aliphatic rings. The third kappa shape index (κ3) is 3.44. The first-order chi connectivity index (χ1) is 17.4. The Kier molecular flexibility index (Phi) is 4.92. The van der Waals surface area contributed by atoms with Crippen LogP contribution in [-0.2, 0) is 7.05 Å². The van der Waals surface area contributed by atoms with E-state index in [9.17, 15) is 14.3 Å². The van der Waals surface area contributed by atoms with E-state index in [4.69, 9.17) is 0 Å². The standard InChI is InChI=1S/C27H21FN6O2/c1-15-13-30-21(14-29-15)26(35)31-19-9-11-33(2)25-18(19)7-8-22-23-20(32-27(36)24(23)25)10-12-34(22)17-5-3-16(28)4-6-17/h3-11,13-14,32,36H,12H2,1-2H3. The number of H-pyrrole nitrogens is 1. The Hall–Kier alpha value is -4.79. The number of hydrogen-bond acceptors (Lipinski definition) is 5. The number of rotatable bonds is 2. The molecule has 8 nitrogen and oxygen atoms in total. The van der Waals surface area contributed by atoms with Crippen LogP contribution in [0.5, 0.6) is 5.88 Å². The Balaban J connectivity index is 1.58. The fourth-order valence-electron chi connectivity index (χ4n) is 4.67. The SMILES string of the molecule is Cc1cnc(C(=O)N=c2ccn(C)c3c2C=CC2=c4c-3c(O)[nH]c4=CCN2c2ccc(F)cc2)cn1. The minimum absolute atomic E-state index is 0.0168. The fraction of sp³-hybridized carbons (Fsp3) is 0.111. The lowest BCUT2D eigenvalue weighted by molar-refractivity contribution is 0.0993. The number of pyridine rings is 1. The van der Waals surface area contributed by atoms with Crippen LogP contribution in [0.1, 0.15) is 21.7 Å². The number of anilines is 1. The Morgan fingerprint density at radius 3 is 2.69 bits per heavy atom. The highest BCUT2D eigenvalue weighted by Gasteiger charge is 2.26. The van der Waals surface area contributed by atoms with Gasteiger partial charge in [-0.25, -0.2) is 14.4 Å². The number of aryl methyl sites for hydroxylation is 2. The summed E-state index contributed by atoms with van der Waals surface area (Å²) in [6.45, 7) is 2.32. The molecule has 0 saturated carbocycles.